The van der Waals surface area contributed by atoms with E-state index in [-0.39, 0.29) is 42.0 Å². The normalized spacial score (nSPS) is 19.7. The predicted octanol–water partition coefficient (Wildman–Crippen LogP) is 7.68. The molecule has 2 saturated heterocycles. The Bertz CT molecular complexity index is 2290. The third kappa shape index (κ3) is 11.2. The molecule has 4 atom stereocenters. The van der Waals surface area contributed by atoms with Gasteiger partial charge in [-0.2, -0.15) is 0 Å². The molecule has 6 rings (SSSR count). The molecule has 4 heterocycles. The molecule has 3 aromatic rings. The van der Waals surface area contributed by atoms with E-state index < -0.39 is 53.7 Å². The quantitative estimate of drug-likeness (QED) is 0.138. The van der Waals surface area contributed by atoms with Gasteiger partial charge in [0.2, 0.25) is 11.8 Å². The Balaban J connectivity index is 1.13. The van der Waals surface area contributed by atoms with Gasteiger partial charge in [-0.15, -0.1) is 18.9 Å². The van der Waals surface area contributed by atoms with Crippen LogP contribution in [0.1, 0.15) is 70.3 Å². The van der Waals surface area contributed by atoms with Crippen molar-refractivity contribution >= 4 is 40.9 Å². The van der Waals surface area contributed by atoms with E-state index in [4.69, 9.17) is 0 Å². The number of likely N-dealkylation sites (tertiary alicyclic amines) is 1. The first-order valence-corrected chi connectivity index (χ1v) is 20.8. The number of rotatable bonds is 10. The molecule has 63 heavy (non-hydrogen) atoms. The lowest BCUT2D eigenvalue weighted by Gasteiger charge is -2.42. The van der Waals surface area contributed by atoms with E-state index in [1.54, 1.807) is 62.5 Å². The number of piperazine rings is 1. The number of aromatic nitrogens is 1. The SMILES string of the molecule is COC(=O)N[C@H](C(=O)N1C[C@H](F)C[C@H]1C1=C=CCC(c2ccc(-c3ccc(C(=O)Nc4ccc(N5CCN(C(=O)C(C)(C)C)C[C@H]5C)nc4)cc3OC(F)(F)F)cc2)=CN1)C(C)C. The number of alkyl halides is 4. The van der Waals surface area contributed by atoms with Crippen LogP contribution in [0.2, 0.25) is 0 Å². The van der Waals surface area contributed by atoms with Crippen LogP contribution in [0.25, 0.3) is 16.7 Å². The summed E-state index contributed by atoms with van der Waals surface area (Å²) >= 11 is 0. The van der Waals surface area contributed by atoms with Crippen LogP contribution in [0, 0.1) is 11.3 Å². The van der Waals surface area contributed by atoms with Crippen molar-refractivity contribution in [3.05, 3.63) is 95.6 Å². The smallest absolute Gasteiger partial charge is 0.453 e. The van der Waals surface area contributed by atoms with Crippen LogP contribution >= 0.6 is 0 Å². The molecule has 3 N–H and O–H groups in total. The fraction of sp³-hybridized carbons (Fsp3) is 0.435. The highest BCUT2D eigenvalue weighted by molar-refractivity contribution is 6.05. The first-order chi connectivity index (χ1) is 29.7. The molecule has 0 bridgehead atoms. The van der Waals surface area contributed by atoms with Crippen molar-refractivity contribution in [2.24, 2.45) is 11.3 Å². The van der Waals surface area contributed by atoms with Crippen LogP contribution < -0.4 is 25.6 Å². The number of hydrogen-bond acceptors (Lipinski definition) is 9. The molecule has 2 fully saturated rings. The Morgan fingerprint density at radius 2 is 1.68 bits per heavy atom. The zero-order valence-corrected chi connectivity index (χ0v) is 36.3. The number of alkyl carbamates (subject to hydrolysis) is 1. The Kier molecular flexibility index (Phi) is 13.9. The first kappa shape index (κ1) is 46.2. The number of nitrogens with one attached hydrogen (secondary N) is 3. The maximum atomic E-state index is 14.8. The minimum absolute atomic E-state index is 0.00202. The van der Waals surface area contributed by atoms with Crippen molar-refractivity contribution in [2.45, 2.75) is 85.0 Å². The zero-order valence-electron chi connectivity index (χ0n) is 36.3. The molecular weight excluding hydrogens is 823 g/mol. The second-order valence-corrected chi connectivity index (χ2v) is 17.2. The Hall–Kier alpha value is -6.35. The number of allylic oxidation sites excluding steroid dienone is 1. The topological polar surface area (TPSA) is 145 Å². The number of carbonyl (C=O) groups is 4. The lowest BCUT2D eigenvalue weighted by Crippen LogP contribution is -2.56. The van der Waals surface area contributed by atoms with Gasteiger partial charge in [-0.25, -0.2) is 14.2 Å². The van der Waals surface area contributed by atoms with Crippen LogP contribution in [0.4, 0.5) is 33.9 Å². The van der Waals surface area contributed by atoms with Crippen molar-refractivity contribution in [2.75, 3.05) is 43.5 Å². The highest BCUT2D eigenvalue weighted by Crippen LogP contribution is 2.36. The number of halogens is 4. The van der Waals surface area contributed by atoms with Crippen LogP contribution in [-0.2, 0) is 14.3 Å². The van der Waals surface area contributed by atoms with Crippen LogP contribution in [-0.4, -0.2) is 103 Å². The standard InChI is InChI=1S/C46H53F4N7O6/c1-27(2)40(54-44(61)62-7)42(59)57-26-33(47)22-37(57)36-10-8-9-32(23-51-36)29-11-13-30(14-12-29)35-17-15-31(21-38(35)63-46(48,49)50)41(58)53-34-16-18-39(52-24-34)56-20-19-55(25-28(56)3)43(60)45(4,5)6/h8,11-18,21,23-24,27-28,33,37,40,51H,9,19-20,22,25-26H2,1-7H3,(H,53,58)(H,54,61)/t28-,33-,37+,40+/m1/s1. The molecule has 2 aromatic carbocycles. The van der Waals surface area contributed by atoms with Crippen molar-refractivity contribution in [1.82, 2.24) is 25.4 Å². The number of nitrogens with zero attached hydrogens (tertiary/aromatic N) is 4. The molecule has 3 aliphatic rings. The summed E-state index contributed by atoms with van der Waals surface area (Å²) in [6.45, 7) is 12.7. The number of benzene rings is 2. The van der Waals surface area contributed by atoms with E-state index in [1.165, 1.54) is 30.3 Å². The summed E-state index contributed by atoms with van der Waals surface area (Å²) < 4.78 is 65.1. The lowest BCUT2D eigenvalue weighted by atomic mass is 9.94. The van der Waals surface area contributed by atoms with Gasteiger partial charge in [-0.3, -0.25) is 14.4 Å². The van der Waals surface area contributed by atoms with Crippen LogP contribution in [0.3, 0.4) is 0 Å². The van der Waals surface area contributed by atoms with E-state index in [0.29, 0.717) is 48.8 Å². The van der Waals surface area contributed by atoms with Crippen molar-refractivity contribution in [1.29, 1.82) is 0 Å². The summed E-state index contributed by atoms with van der Waals surface area (Å²) in [4.78, 5) is 61.5. The van der Waals surface area contributed by atoms with Crippen molar-refractivity contribution in [3.63, 3.8) is 0 Å². The highest BCUT2D eigenvalue weighted by atomic mass is 19.4. The molecule has 0 unspecified atom stereocenters. The number of methoxy groups -OCH3 is 1. The third-order valence-electron chi connectivity index (χ3n) is 11.1. The summed E-state index contributed by atoms with van der Waals surface area (Å²) in [5.41, 5.74) is 5.42. The summed E-state index contributed by atoms with van der Waals surface area (Å²) in [7, 11) is 1.19. The minimum atomic E-state index is -5.05. The number of carbonyl (C=O) groups excluding carboxylic acids is 4. The Morgan fingerprint density at radius 3 is 2.30 bits per heavy atom. The molecule has 1 aromatic heterocycles. The molecule has 13 nitrogen and oxygen atoms in total. The van der Waals surface area contributed by atoms with Gasteiger partial charge in [-0.05, 0) is 72.4 Å². The monoisotopic (exact) mass is 875 g/mol. The third-order valence-corrected chi connectivity index (χ3v) is 11.1. The summed E-state index contributed by atoms with van der Waals surface area (Å²) in [5, 5.41) is 8.43. The number of pyridine rings is 1. The van der Waals surface area contributed by atoms with Gasteiger partial charge in [0.05, 0.1) is 37.3 Å². The first-order valence-electron chi connectivity index (χ1n) is 20.8. The number of hydrogen-bond donors (Lipinski definition) is 3. The van der Waals surface area contributed by atoms with Crippen molar-refractivity contribution < 1.29 is 46.2 Å². The minimum Gasteiger partial charge on any atom is -0.453 e. The van der Waals surface area contributed by atoms with Gasteiger partial charge in [-0.1, -0.05) is 58.9 Å². The zero-order chi connectivity index (χ0) is 45.8. The largest absolute Gasteiger partial charge is 0.573 e. The average molecular weight is 876 g/mol. The molecule has 4 amide bonds. The van der Waals surface area contributed by atoms with E-state index in [2.05, 4.69) is 41.0 Å². The molecule has 3 aliphatic heterocycles. The summed E-state index contributed by atoms with van der Waals surface area (Å²) in [5.74, 6) is -1.23. The van der Waals surface area contributed by atoms with E-state index in [0.717, 1.165) is 17.2 Å². The van der Waals surface area contributed by atoms with Gasteiger partial charge < -0.3 is 40.1 Å². The second-order valence-electron chi connectivity index (χ2n) is 17.2. The van der Waals surface area contributed by atoms with Gasteiger partial charge in [0.25, 0.3) is 5.91 Å². The molecule has 0 saturated carbocycles. The fourth-order valence-electron chi connectivity index (χ4n) is 7.88. The lowest BCUT2D eigenvalue weighted by molar-refractivity contribution is -0.274. The number of ether oxygens (including phenoxy) is 2. The van der Waals surface area contributed by atoms with E-state index >= 15 is 0 Å². The van der Waals surface area contributed by atoms with Gasteiger partial charge in [0.1, 0.15) is 23.8 Å². The predicted molar refractivity (Wildman–Crippen MR) is 230 cm³/mol. The van der Waals surface area contributed by atoms with Crippen LogP contribution in [0.5, 0.6) is 5.75 Å². The van der Waals surface area contributed by atoms with Gasteiger partial charge >= 0.3 is 12.5 Å². The summed E-state index contributed by atoms with van der Waals surface area (Å²) in [6.07, 6.45) is -1.74. The Morgan fingerprint density at radius 1 is 0.968 bits per heavy atom. The molecule has 336 valence electrons. The van der Waals surface area contributed by atoms with Crippen molar-refractivity contribution in [3.8, 4) is 16.9 Å². The fourth-order valence-corrected chi connectivity index (χ4v) is 7.88. The molecular formula is C46H53F4N7O6. The molecule has 0 aliphatic carbocycles. The van der Waals surface area contributed by atoms with E-state index in [9.17, 15) is 36.7 Å². The molecule has 17 heteroatoms. The summed E-state index contributed by atoms with van der Waals surface area (Å²) in [6, 6.07) is 12.4. The van der Waals surface area contributed by atoms with Gasteiger partial charge in [0, 0.05) is 54.8 Å². The van der Waals surface area contributed by atoms with Crippen LogP contribution in [0.15, 0.2) is 84.5 Å². The number of anilines is 2. The van der Waals surface area contributed by atoms with Gasteiger partial charge in [0.15, 0.2) is 0 Å². The highest BCUT2D eigenvalue weighted by Gasteiger charge is 2.42. The molecule has 0 spiro atoms. The maximum absolute atomic E-state index is 14.8. The van der Waals surface area contributed by atoms with E-state index in [1.807, 2.05) is 32.6 Å². The average Bonchev–Trinajstić information content (AvgIpc) is 3.45. The maximum Gasteiger partial charge on any atom is 0.573 e. The molecule has 0 radical (unpaired) electrons. The Labute approximate surface area is 364 Å². The number of amides is 4. The second kappa shape index (κ2) is 19.0.